The van der Waals surface area contributed by atoms with E-state index in [0.717, 1.165) is 43.5 Å². The Morgan fingerprint density at radius 3 is 2.56 bits per heavy atom. The van der Waals surface area contributed by atoms with Gasteiger partial charge in [0.2, 0.25) is 10.0 Å². The molecule has 1 aliphatic heterocycles. The molecule has 0 amide bonds. The van der Waals surface area contributed by atoms with E-state index in [1.807, 2.05) is 42.9 Å². The van der Waals surface area contributed by atoms with Crippen molar-refractivity contribution in [1.29, 1.82) is 0 Å². The van der Waals surface area contributed by atoms with Gasteiger partial charge in [0, 0.05) is 5.56 Å². The molecule has 7 nitrogen and oxygen atoms in total. The van der Waals surface area contributed by atoms with Crippen LogP contribution in [0.25, 0.3) is 11.3 Å². The molecule has 3 N–H and O–H groups in total. The number of imidazole rings is 1. The molecule has 0 radical (unpaired) electrons. The number of hydrogen-bond donors (Lipinski definition) is 3. The maximum Gasteiger partial charge on any atom is 0.216 e. The number of rotatable bonds is 10. The van der Waals surface area contributed by atoms with Crippen LogP contribution in [0.5, 0.6) is 0 Å². The Hall–Kier alpha value is -2.52. The summed E-state index contributed by atoms with van der Waals surface area (Å²) in [5, 5.41) is 15.3. The van der Waals surface area contributed by atoms with Crippen LogP contribution in [-0.2, 0) is 15.8 Å². The highest BCUT2D eigenvalue weighted by Crippen LogP contribution is 2.64. The minimum absolute atomic E-state index is 0.00166. The Bertz CT molecular complexity index is 1420. The number of aliphatic hydroxyl groups excluding tert-OH is 1. The standard InChI is InChI=1S/C31H38N4O3S/c36-30(12-28-25-8-4-5-9-26(25)29-17-33-20-35(28)29)31-13-22-10-23(14-31)27(24(11-22)15-31)16-32-19-34-39(37,38)18-21-6-2-1-3-7-21/h1-9,17,20,22-24,27-28,30,32,34,36H,10-16,18-19H2. The van der Waals surface area contributed by atoms with Crippen LogP contribution in [0.4, 0.5) is 0 Å². The number of benzene rings is 2. The van der Waals surface area contributed by atoms with Gasteiger partial charge >= 0.3 is 0 Å². The third-order valence-corrected chi connectivity index (χ3v) is 11.6. The van der Waals surface area contributed by atoms with Crippen molar-refractivity contribution >= 4 is 10.0 Å². The summed E-state index contributed by atoms with van der Waals surface area (Å²) in [5.74, 6) is 2.45. The summed E-state index contributed by atoms with van der Waals surface area (Å²) in [7, 11) is -3.38. The molecular weight excluding hydrogens is 508 g/mol. The minimum atomic E-state index is -3.38. The van der Waals surface area contributed by atoms with E-state index in [-0.39, 0.29) is 30.0 Å². The van der Waals surface area contributed by atoms with Crippen LogP contribution in [0, 0.1) is 29.1 Å². The zero-order chi connectivity index (χ0) is 26.6. The number of nitrogens with one attached hydrogen (secondary N) is 2. The first-order valence-corrected chi connectivity index (χ1v) is 16.1. The molecule has 4 fully saturated rings. The van der Waals surface area contributed by atoms with Gasteiger partial charge in [-0.15, -0.1) is 0 Å². The summed E-state index contributed by atoms with van der Waals surface area (Å²) in [6.07, 6.45) is 10.1. The van der Waals surface area contributed by atoms with E-state index in [4.69, 9.17) is 0 Å². The number of fused-ring (bicyclic) bond motifs is 3. The van der Waals surface area contributed by atoms with Crippen LogP contribution in [0.3, 0.4) is 0 Å². The van der Waals surface area contributed by atoms with Gasteiger partial charge in [-0.3, -0.25) is 0 Å². The molecule has 4 atom stereocenters. The molecule has 1 aromatic heterocycles. The summed E-state index contributed by atoms with van der Waals surface area (Å²) < 4.78 is 30.0. The second kappa shape index (κ2) is 9.84. The molecule has 4 aliphatic carbocycles. The van der Waals surface area contributed by atoms with E-state index in [1.54, 1.807) is 0 Å². The first-order valence-electron chi connectivity index (χ1n) is 14.4. The molecule has 4 unspecified atom stereocenters. The van der Waals surface area contributed by atoms with E-state index in [9.17, 15) is 13.5 Å². The molecule has 5 aliphatic rings. The van der Waals surface area contributed by atoms with Gasteiger partial charge in [-0.2, -0.15) is 0 Å². The first-order chi connectivity index (χ1) is 18.9. The lowest BCUT2D eigenvalue weighted by molar-refractivity contribution is -0.149. The number of sulfonamides is 1. The Morgan fingerprint density at radius 1 is 1.03 bits per heavy atom. The average molecular weight is 547 g/mol. The fourth-order valence-corrected chi connectivity index (χ4v) is 9.87. The van der Waals surface area contributed by atoms with E-state index >= 15 is 0 Å². The Balaban J connectivity index is 0.980. The zero-order valence-electron chi connectivity index (χ0n) is 22.2. The van der Waals surface area contributed by atoms with E-state index in [1.165, 1.54) is 24.0 Å². The fraction of sp³-hybridized carbons (Fsp3) is 0.516. The summed E-state index contributed by atoms with van der Waals surface area (Å²) in [6, 6.07) is 18.0. The van der Waals surface area contributed by atoms with E-state index in [2.05, 4.69) is 43.9 Å². The van der Waals surface area contributed by atoms with Gasteiger partial charge in [0.15, 0.2) is 0 Å². The van der Waals surface area contributed by atoms with Gasteiger partial charge in [0.05, 0.1) is 42.8 Å². The normalized spacial score (nSPS) is 31.3. The van der Waals surface area contributed by atoms with Gasteiger partial charge in [-0.05, 0) is 85.3 Å². The Kier molecular flexibility index (Phi) is 6.42. The summed E-state index contributed by atoms with van der Waals surface area (Å²) in [6.45, 7) is 1.09. The minimum Gasteiger partial charge on any atom is -0.392 e. The molecule has 2 aromatic carbocycles. The number of aliphatic hydroxyl groups is 1. The summed E-state index contributed by atoms with van der Waals surface area (Å²) >= 11 is 0. The van der Waals surface area contributed by atoms with Crippen molar-refractivity contribution < 1.29 is 13.5 Å². The van der Waals surface area contributed by atoms with E-state index < -0.39 is 10.0 Å². The lowest BCUT2D eigenvalue weighted by Gasteiger charge is -2.62. The Labute approximate surface area is 231 Å². The second-order valence-corrected chi connectivity index (χ2v) is 14.4. The predicted molar refractivity (Wildman–Crippen MR) is 151 cm³/mol. The highest BCUT2D eigenvalue weighted by Gasteiger charge is 2.57. The SMILES string of the molecule is O=S(=O)(Cc1ccccc1)NCNCC1C2CC3CC1CC(C(O)CC1c4ccccc4-c4cncn41)(C3)C2. The third-order valence-electron chi connectivity index (χ3n) is 10.3. The molecule has 4 bridgehead atoms. The molecule has 3 aromatic rings. The number of hydrogen-bond acceptors (Lipinski definition) is 5. The molecule has 8 rings (SSSR count). The second-order valence-electron chi connectivity index (χ2n) is 12.6. The summed E-state index contributed by atoms with van der Waals surface area (Å²) in [4.78, 5) is 4.41. The highest BCUT2D eigenvalue weighted by atomic mass is 32.2. The zero-order valence-corrected chi connectivity index (χ0v) is 23.1. The van der Waals surface area contributed by atoms with Gasteiger partial charge in [0.25, 0.3) is 0 Å². The lowest BCUT2D eigenvalue weighted by Crippen LogP contribution is -2.57. The van der Waals surface area contributed by atoms with Crippen LogP contribution in [-0.4, -0.2) is 42.4 Å². The molecule has 0 spiro atoms. The third kappa shape index (κ3) is 4.65. The maximum absolute atomic E-state index is 12.5. The monoisotopic (exact) mass is 546 g/mol. The van der Waals surface area contributed by atoms with Gasteiger partial charge < -0.3 is 15.0 Å². The van der Waals surface area contributed by atoms with Crippen LogP contribution < -0.4 is 10.0 Å². The predicted octanol–water partition coefficient (Wildman–Crippen LogP) is 4.31. The van der Waals surface area contributed by atoms with Crippen LogP contribution in [0.15, 0.2) is 67.1 Å². The number of aromatic nitrogens is 2. The van der Waals surface area contributed by atoms with Crippen molar-refractivity contribution in [2.45, 2.75) is 56.4 Å². The van der Waals surface area contributed by atoms with Crippen LogP contribution in [0.2, 0.25) is 0 Å². The molecule has 8 heteroatoms. The van der Waals surface area contributed by atoms with Gasteiger partial charge in [-0.25, -0.2) is 18.1 Å². The molecule has 39 heavy (non-hydrogen) atoms. The fourth-order valence-electron chi connectivity index (χ4n) is 8.81. The molecule has 2 heterocycles. The Morgan fingerprint density at radius 2 is 1.77 bits per heavy atom. The number of nitrogens with zero attached hydrogens (tertiary/aromatic N) is 2. The molecule has 0 saturated heterocycles. The lowest BCUT2D eigenvalue weighted by atomic mass is 9.44. The van der Waals surface area contributed by atoms with Crippen molar-refractivity contribution in [3.05, 3.63) is 78.2 Å². The van der Waals surface area contributed by atoms with Crippen molar-refractivity contribution in [2.75, 3.05) is 13.2 Å². The molecule has 206 valence electrons. The quantitative estimate of drug-likeness (QED) is 0.260. The first kappa shape index (κ1) is 25.4. The van der Waals surface area contributed by atoms with Crippen molar-refractivity contribution in [3.8, 4) is 11.3 Å². The molecule has 4 saturated carbocycles. The van der Waals surface area contributed by atoms with Crippen LogP contribution >= 0.6 is 0 Å². The van der Waals surface area contributed by atoms with Gasteiger partial charge in [-0.1, -0.05) is 54.6 Å². The average Bonchev–Trinajstić information content (AvgIpc) is 3.50. The van der Waals surface area contributed by atoms with Crippen molar-refractivity contribution in [2.24, 2.45) is 29.1 Å². The maximum atomic E-state index is 12.5. The molecular formula is C31H38N4O3S. The highest BCUT2D eigenvalue weighted by molar-refractivity contribution is 7.88. The van der Waals surface area contributed by atoms with Crippen molar-refractivity contribution in [1.82, 2.24) is 19.6 Å². The summed E-state index contributed by atoms with van der Waals surface area (Å²) in [5.41, 5.74) is 4.49. The largest absolute Gasteiger partial charge is 0.392 e. The van der Waals surface area contributed by atoms with Gasteiger partial charge in [0.1, 0.15) is 0 Å². The van der Waals surface area contributed by atoms with E-state index in [0.29, 0.717) is 23.7 Å². The smallest absolute Gasteiger partial charge is 0.216 e. The van der Waals surface area contributed by atoms with Crippen LogP contribution in [0.1, 0.15) is 55.7 Å². The topological polar surface area (TPSA) is 96.2 Å². The van der Waals surface area contributed by atoms with Crippen molar-refractivity contribution in [3.63, 3.8) is 0 Å².